The average molecular weight is 326 g/mol. The molecule has 1 saturated heterocycles. The van der Waals surface area contributed by atoms with Crippen LogP contribution in [-0.4, -0.2) is 35.1 Å². The SMILES string of the molecule is Cc1cc(C)cc(NC(=O)c2cc(NCC3CCCO3)ncn2)c1. The number of rotatable bonds is 5. The molecule has 6 heteroatoms. The maximum absolute atomic E-state index is 12.4. The molecule has 1 fully saturated rings. The molecule has 1 amide bonds. The van der Waals surface area contributed by atoms with Gasteiger partial charge in [-0.15, -0.1) is 0 Å². The highest BCUT2D eigenvalue weighted by Gasteiger charge is 2.16. The molecule has 1 aromatic carbocycles. The van der Waals surface area contributed by atoms with Crippen LogP contribution in [0.15, 0.2) is 30.6 Å². The number of nitrogens with zero attached hydrogens (tertiary/aromatic N) is 2. The molecule has 3 rings (SSSR count). The number of amides is 1. The maximum atomic E-state index is 12.4. The van der Waals surface area contributed by atoms with Crippen LogP contribution in [0.25, 0.3) is 0 Å². The Hall–Kier alpha value is -2.47. The Morgan fingerprint density at radius 1 is 1.21 bits per heavy atom. The molecular formula is C18H22N4O2. The van der Waals surface area contributed by atoms with Crippen molar-refractivity contribution in [3.05, 3.63) is 47.4 Å². The van der Waals surface area contributed by atoms with Crippen LogP contribution in [0.2, 0.25) is 0 Å². The van der Waals surface area contributed by atoms with Gasteiger partial charge < -0.3 is 15.4 Å². The van der Waals surface area contributed by atoms with Crippen LogP contribution in [0.1, 0.15) is 34.5 Å². The highest BCUT2D eigenvalue weighted by atomic mass is 16.5. The summed E-state index contributed by atoms with van der Waals surface area (Å²) in [5.74, 6) is 0.383. The van der Waals surface area contributed by atoms with Gasteiger partial charge in [0, 0.05) is 24.9 Å². The molecule has 1 aliphatic heterocycles. The third kappa shape index (κ3) is 4.29. The lowest BCUT2D eigenvalue weighted by Gasteiger charge is -2.12. The number of ether oxygens (including phenoxy) is 1. The van der Waals surface area contributed by atoms with E-state index in [-0.39, 0.29) is 12.0 Å². The average Bonchev–Trinajstić information content (AvgIpc) is 3.05. The van der Waals surface area contributed by atoms with Crippen molar-refractivity contribution in [2.24, 2.45) is 0 Å². The van der Waals surface area contributed by atoms with Gasteiger partial charge in [-0.25, -0.2) is 9.97 Å². The number of hydrogen-bond acceptors (Lipinski definition) is 5. The molecule has 0 radical (unpaired) electrons. The van der Waals surface area contributed by atoms with Crippen molar-refractivity contribution in [3.63, 3.8) is 0 Å². The van der Waals surface area contributed by atoms with Crippen molar-refractivity contribution in [3.8, 4) is 0 Å². The van der Waals surface area contributed by atoms with Crippen LogP contribution in [0.4, 0.5) is 11.5 Å². The smallest absolute Gasteiger partial charge is 0.274 e. The number of benzene rings is 1. The van der Waals surface area contributed by atoms with Gasteiger partial charge in [-0.3, -0.25) is 4.79 Å². The van der Waals surface area contributed by atoms with Crippen LogP contribution in [0.3, 0.4) is 0 Å². The van der Waals surface area contributed by atoms with Gasteiger partial charge in [-0.2, -0.15) is 0 Å². The third-order valence-electron chi connectivity index (χ3n) is 3.91. The van der Waals surface area contributed by atoms with Crippen LogP contribution in [0, 0.1) is 13.8 Å². The van der Waals surface area contributed by atoms with Crippen molar-refractivity contribution in [1.29, 1.82) is 0 Å². The molecule has 0 bridgehead atoms. The molecule has 1 aliphatic rings. The highest BCUT2D eigenvalue weighted by molar-refractivity contribution is 6.03. The largest absolute Gasteiger partial charge is 0.376 e. The first kappa shape index (κ1) is 16.4. The van der Waals surface area contributed by atoms with E-state index in [1.807, 2.05) is 26.0 Å². The fourth-order valence-corrected chi connectivity index (χ4v) is 2.84. The summed E-state index contributed by atoms with van der Waals surface area (Å²) in [4.78, 5) is 20.6. The van der Waals surface area contributed by atoms with Crippen molar-refractivity contribution < 1.29 is 9.53 Å². The Bertz CT molecular complexity index is 706. The van der Waals surface area contributed by atoms with Gasteiger partial charge in [-0.1, -0.05) is 6.07 Å². The molecule has 1 unspecified atom stereocenters. The molecule has 2 N–H and O–H groups in total. The van der Waals surface area contributed by atoms with Crippen molar-refractivity contribution >= 4 is 17.4 Å². The Morgan fingerprint density at radius 3 is 2.71 bits per heavy atom. The van der Waals surface area contributed by atoms with Gasteiger partial charge in [-0.05, 0) is 49.9 Å². The molecule has 0 spiro atoms. The second kappa shape index (κ2) is 7.40. The van der Waals surface area contributed by atoms with Crippen molar-refractivity contribution in [2.75, 3.05) is 23.8 Å². The number of anilines is 2. The normalized spacial score (nSPS) is 16.8. The summed E-state index contributed by atoms with van der Waals surface area (Å²) >= 11 is 0. The molecule has 0 aliphatic carbocycles. The highest BCUT2D eigenvalue weighted by Crippen LogP contribution is 2.16. The van der Waals surface area contributed by atoms with Gasteiger partial charge in [0.2, 0.25) is 0 Å². The van der Waals surface area contributed by atoms with Crippen molar-refractivity contribution in [2.45, 2.75) is 32.8 Å². The lowest BCUT2D eigenvalue weighted by Crippen LogP contribution is -2.20. The number of hydrogen-bond donors (Lipinski definition) is 2. The van der Waals surface area contributed by atoms with Crippen LogP contribution in [0.5, 0.6) is 0 Å². The zero-order valence-electron chi connectivity index (χ0n) is 14.0. The first-order valence-electron chi connectivity index (χ1n) is 8.17. The molecule has 0 saturated carbocycles. The summed E-state index contributed by atoms with van der Waals surface area (Å²) in [6.07, 6.45) is 3.76. The van der Waals surface area contributed by atoms with Crippen LogP contribution >= 0.6 is 0 Å². The number of aryl methyl sites for hydroxylation is 2. The van der Waals surface area contributed by atoms with Crippen molar-refractivity contribution in [1.82, 2.24) is 9.97 Å². The van der Waals surface area contributed by atoms with E-state index in [9.17, 15) is 4.79 Å². The Kier molecular flexibility index (Phi) is 5.05. The Balaban J connectivity index is 1.64. The molecule has 126 valence electrons. The van der Waals surface area contributed by atoms with Crippen LogP contribution < -0.4 is 10.6 Å². The number of aromatic nitrogens is 2. The number of carbonyl (C=O) groups excluding carboxylic acids is 1. The molecule has 24 heavy (non-hydrogen) atoms. The third-order valence-corrected chi connectivity index (χ3v) is 3.91. The number of nitrogens with one attached hydrogen (secondary N) is 2. The van der Waals surface area contributed by atoms with Gasteiger partial charge in [0.25, 0.3) is 5.91 Å². The summed E-state index contributed by atoms with van der Waals surface area (Å²) in [5, 5.41) is 6.09. The maximum Gasteiger partial charge on any atom is 0.274 e. The standard InChI is InChI=1S/C18H22N4O2/c1-12-6-13(2)8-14(7-12)22-18(23)16-9-17(21-11-20-16)19-10-15-4-3-5-24-15/h6-9,11,15H,3-5,10H2,1-2H3,(H,22,23)(H,19,20,21). The second-order valence-electron chi connectivity index (χ2n) is 6.13. The zero-order chi connectivity index (χ0) is 16.9. The van der Waals surface area contributed by atoms with E-state index < -0.39 is 0 Å². The molecule has 2 aromatic rings. The lowest BCUT2D eigenvalue weighted by atomic mass is 10.1. The fourth-order valence-electron chi connectivity index (χ4n) is 2.84. The fraction of sp³-hybridized carbons (Fsp3) is 0.389. The summed E-state index contributed by atoms with van der Waals surface area (Å²) in [6, 6.07) is 7.59. The van der Waals surface area contributed by atoms with E-state index in [1.165, 1.54) is 6.33 Å². The van der Waals surface area contributed by atoms with Gasteiger partial charge in [0.1, 0.15) is 17.8 Å². The van der Waals surface area contributed by atoms with Crippen LogP contribution in [-0.2, 0) is 4.74 Å². The minimum Gasteiger partial charge on any atom is -0.376 e. The monoisotopic (exact) mass is 326 g/mol. The molecule has 1 atom stereocenters. The summed E-state index contributed by atoms with van der Waals surface area (Å²) < 4.78 is 5.57. The number of carbonyl (C=O) groups is 1. The second-order valence-corrected chi connectivity index (χ2v) is 6.13. The topological polar surface area (TPSA) is 76.1 Å². The Morgan fingerprint density at radius 2 is 2.00 bits per heavy atom. The predicted octanol–water partition coefficient (Wildman–Crippen LogP) is 2.94. The summed E-state index contributed by atoms with van der Waals surface area (Å²) in [6.45, 7) is 5.51. The summed E-state index contributed by atoms with van der Waals surface area (Å²) in [5.41, 5.74) is 3.31. The van der Waals surface area contributed by atoms with Gasteiger partial charge in [0.15, 0.2) is 0 Å². The first-order chi connectivity index (χ1) is 11.6. The minimum atomic E-state index is -0.248. The summed E-state index contributed by atoms with van der Waals surface area (Å²) in [7, 11) is 0. The van der Waals surface area contributed by atoms with E-state index in [1.54, 1.807) is 6.07 Å². The van der Waals surface area contributed by atoms with E-state index in [4.69, 9.17) is 4.74 Å². The minimum absolute atomic E-state index is 0.215. The van der Waals surface area contributed by atoms with E-state index >= 15 is 0 Å². The first-order valence-corrected chi connectivity index (χ1v) is 8.17. The van der Waals surface area contributed by atoms with Gasteiger partial charge >= 0.3 is 0 Å². The molecule has 2 heterocycles. The zero-order valence-corrected chi connectivity index (χ0v) is 14.0. The van der Waals surface area contributed by atoms with E-state index in [0.29, 0.717) is 18.1 Å². The predicted molar refractivity (Wildman–Crippen MR) is 93.4 cm³/mol. The molecule has 1 aromatic heterocycles. The molecular weight excluding hydrogens is 304 g/mol. The van der Waals surface area contributed by atoms with E-state index in [2.05, 4.69) is 26.7 Å². The quantitative estimate of drug-likeness (QED) is 0.883. The molecule has 6 nitrogen and oxygen atoms in total. The van der Waals surface area contributed by atoms with E-state index in [0.717, 1.165) is 36.3 Å². The lowest BCUT2D eigenvalue weighted by molar-refractivity contribution is 0.102. The Labute approximate surface area is 141 Å². The van der Waals surface area contributed by atoms with Gasteiger partial charge in [0.05, 0.1) is 6.10 Å².